The molecule has 0 unspecified atom stereocenters. The summed E-state index contributed by atoms with van der Waals surface area (Å²) in [5, 5.41) is 2.91. The van der Waals surface area contributed by atoms with Gasteiger partial charge in [0.2, 0.25) is 0 Å². The van der Waals surface area contributed by atoms with Crippen molar-refractivity contribution in [2.75, 3.05) is 6.54 Å². The van der Waals surface area contributed by atoms with Crippen molar-refractivity contribution in [2.24, 2.45) is 5.73 Å². The van der Waals surface area contributed by atoms with Crippen molar-refractivity contribution < 1.29 is 4.79 Å². The maximum Gasteiger partial charge on any atom is 0.251 e. The Hall–Kier alpha value is -1.06. The predicted octanol–water partition coefficient (Wildman–Crippen LogP) is 2.28. The van der Waals surface area contributed by atoms with Crippen LogP contribution in [0.5, 0.6) is 0 Å². The Bertz CT molecular complexity index is 399. The van der Waals surface area contributed by atoms with Crippen LogP contribution in [0.4, 0.5) is 0 Å². The fourth-order valence-corrected chi connectivity index (χ4v) is 2.06. The van der Waals surface area contributed by atoms with Gasteiger partial charge in [0, 0.05) is 17.6 Å². The minimum atomic E-state index is -0.154. The smallest absolute Gasteiger partial charge is 0.251 e. The Balaban J connectivity index is 0.00000162. The van der Waals surface area contributed by atoms with E-state index in [4.69, 9.17) is 5.73 Å². The van der Waals surface area contributed by atoms with Crippen molar-refractivity contribution in [1.82, 2.24) is 5.32 Å². The van der Waals surface area contributed by atoms with Crippen LogP contribution in [0.15, 0.2) is 24.3 Å². The molecule has 0 radical (unpaired) electrons. The summed E-state index contributed by atoms with van der Waals surface area (Å²) in [7, 11) is 0. The Labute approximate surface area is 115 Å². The molecule has 1 saturated carbocycles. The van der Waals surface area contributed by atoms with Crippen molar-refractivity contribution in [1.29, 1.82) is 0 Å². The van der Waals surface area contributed by atoms with Gasteiger partial charge in [0.25, 0.3) is 5.91 Å². The van der Waals surface area contributed by atoms with E-state index in [-0.39, 0.29) is 23.9 Å². The van der Waals surface area contributed by atoms with Gasteiger partial charge in [-0.25, -0.2) is 0 Å². The fraction of sp³-hybridized carbons (Fsp3) is 0.500. The van der Waals surface area contributed by atoms with E-state index in [1.54, 1.807) is 0 Å². The third-order valence-electron chi connectivity index (χ3n) is 3.57. The van der Waals surface area contributed by atoms with Gasteiger partial charge in [-0.05, 0) is 43.4 Å². The number of hydrogen-bond donors (Lipinski definition) is 2. The standard InChI is InChI=1S/C14H20N2O.ClH/c1-2-11-4-6-12(7-5-11)13(17)16-10-14(15)8-3-9-14;/h4-7H,2-3,8-10,15H2,1H3,(H,16,17);1H. The predicted molar refractivity (Wildman–Crippen MR) is 76.2 cm³/mol. The number of rotatable bonds is 4. The lowest BCUT2D eigenvalue weighted by Gasteiger charge is -2.38. The summed E-state index contributed by atoms with van der Waals surface area (Å²) < 4.78 is 0. The van der Waals surface area contributed by atoms with Gasteiger partial charge >= 0.3 is 0 Å². The quantitative estimate of drug-likeness (QED) is 0.880. The number of hydrogen-bond acceptors (Lipinski definition) is 2. The summed E-state index contributed by atoms with van der Waals surface area (Å²) in [6.07, 6.45) is 4.20. The van der Waals surface area contributed by atoms with E-state index in [0.29, 0.717) is 12.1 Å². The molecule has 3 nitrogen and oxygen atoms in total. The van der Waals surface area contributed by atoms with Crippen LogP contribution in [-0.2, 0) is 6.42 Å². The Morgan fingerprint density at radius 3 is 2.39 bits per heavy atom. The summed E-state index contributed by atoms with van der Waals surface area (Å²) >= 11 is 0. The van der Waals surface area contributed by atoms with Crippen LogP contribution in [0, 0.1) is 0 Å². The molecule has 4 heteroatoms. The number of halogens is 1. The molecule has 1 aliphatic rings. The minimum Gasteiger partial charge on any atom is -0.350 e. The van der Waals surface area contributed by atoms with Crippen LogP contribution >= 0.6 is 12.4 Å². The summed E-state index contributed by atoms with van der Waals surface area (Å²) in [6, 6.07) is 7.74. The van der Waals surface area contributed by atoms with Crippen molar-refractivity contribution in [3.8, 4) is 0 Å². The van der Waals surface area contributed by atoms with E-state index in [9.17, 15) is 4.79 Å². The highest BCUT2D eigenvalue weighted by atomic mass is 35.5. The van der Waals surface area contributed by atoms with Gasteiger partial charge in [-0.1, -0.05) is 19.1 Å². The van der Waals surface area contributed by atoms with Crippen molar-refractivity contribution in [3.05, 3.63) is 35.4 Å². The van der Waals surface area contributed by atoms with E-state index in [1.165, 1.54) is 12.0 Å². The molecule has 18 heavy (non-hydrogen) atoms. The molecular weight excluding hydrogens is 248 g/mol. The first kappa shape index (κ1) is 15.0. The van der Waals surface area contributed by atoms with E-state index >= 15 is 0 Å². The zero-order chi connectivity index (χ0) is 12.3. The first-order chi connectivity index (χ1) is 8.13. The fourth-order valence-electron chi connectivity index (χ4n) is 2.06. The Morgan fingerprint density at radius 2 is 1.94 bits per heavy atom. The number of aryl methyl sites for hydroxylation is 1. The van der Waals surface area contributed by atoms with Gasteiger partial charge < -0.3 is 11.1 Å². The third kappa shape index (κ3) is 3.47. The molecule has 1 aromatic rings. The van der Waals surface area contributed by atoms with Crippen LogP contribution in [0.3, 0.4) is 0 Å². The number of benzene rings is 1. The van der Waals surface area contributed by atoms with E-state index in [0.717, 1.165) is 19.3 Å². The van der Waals surface area contributed by atoms with Crippen LogP contribution < -0.4 is 11.1 Å². The maximum atomic E-state index is 11.9. The summed E-state index contributed by atoms with van der Waals surface area (Å²) in [5.41, 5.74) is 7.87. The van der Waals surface area contributed by atoms with Crippen LogP contribution in [0.2, 0.25) is 0 Å². The van der Waals surface area contributed by atoms with E-state index in [2.05, 4.69) is 12.2 Å². The SMILES string of the molecule is CCc1ccc(C(=O)NCC2(N)CCC2)cc1.Cl. The molecule has 0 aromatic heterocycles. The number of nitrogens with one attached hydrogen (secondary N) is 1. The third-order valence-corrected chi connectivity index (χ3v) is 3.57. The van der Waals surface area contributed by atoms with Gasteiger partial charge in [0.15, 0.2) is 0 Å². The first-order valence-corrected chi connectivity index (χ1v) is 6.29. The molecule has 1 aromatic carbocycles. The van der Waals surface area contributed by atoms with Crippen LogP contribution in [-0.4, -0.2) is 18.0 Å². The molecule has 0 bridgehead atoms. The molecule has 1 fully saturated rings. The van der Waals surface area contributed by atoms with Gasteiger partial charge in [0.1, 0.15) is 0 Å². The molecule has 1 aliphatic carbocycles. The second kappa shape index (κ2) is 6.21. The maximum absolute atomic E-state index is 11.9. The number of carbonyl (C=O) groups is 1. The first-order valence-electron chi connectivity index (χ1n) is 6.29. The highest BCUT2D eigenvalue weighted by Crippen LogP contribution is 2.28. The van der Waals surface area contributed by atoms with Crippen molar-refractivity contribution >= 4 is 18.3 Å². The lowest BCUT2D eigenvalue weighted by atomic mass is 9.78. The number of nitrogens with two attached hydrogens (primary N) is 1. The molecule has 1 amide bonds. The van der Waals surface area contributed by atoms with Crippen molar-refractivity contribution in [3.63, 3.8) is 0 Å². The second-order valence-electron chi connectivity index (χ2n) is 4.95. The second-order valence-corrected chi connectivity index (χ2v) is 4.95. The van der Waals surface area contributed by atoms with E-state index in [1.807, 2.05) is 24.3 Å². The monoisotopic (exact) mass is 268 g/mol. The molecule has 3 N–H and O–H groups in total. The molecule has 0 saturated heterocycles. The van der Waals surface area contributed by atoms with Crippen LogP contribution in [0.25, 0.3) is 0 Å². The average Bonchev–Trinajstić information content (AvgIpc) is 2.33. The molecule has 0 spiro atoms. The van der Waals surface area contributed by atoms with Gasteiger partial charge in [-0.2, -0.15) is 0 Å². The van der Waals surface area contributed by atoms with Gasteiger partial charge in [-0.15, -0.1) is 12.4 Å². The molecule has 0 aliphatic heterocycles. The topological polar surface area (TPSA) is 55.1 Å². The van der Waals surface area contributed by atoms with Crippen molar-refractivity contribution in [2.45, 2.75) is 38.1 Å². The van der Waals surface area contributed by atoms with Crippen LogP contribution in [0.1, 0.15) is 42.1 Å². The molecule has 100 valence electrons. The summed E-state index contributed by atoms with van der Waals surface area (Å²) in [5.74, 6) is -0.0237. The largest absolute Gasteiger partial charge is 0.350 e. The lowest BCUT2D eigenvalue weighted by molar-refractivity contribution is 0.0930. The number of carbonyl (C=O) groups excluding carboxylic acids is 1. The van der Waals surface area contributed by atoms with Gasteiger partial charge in [0.05, 0.1) is 0 Å². The minimum absolute atomic E-state index is 0. The zero-order valence-electron chi connectivity index (χ0n) is 10.7. The normalized spacial score (nSPS) is 16.3. The molecule has 0 atom stereocenters. The zero-order valence-corrected chi connectivity index (χ0v) is 11.6. The van der Waals surface area contributed by atoms with E-state index < -0.39 is 0 Å². The average molecular weight is 269 g/mol. The molecule has 2 rings (SSSR count). The lowest BCUT2D eigenvalue weighted by Crippen LogP contribution is -2.54. The van der Waals surface area contributed by atoms with Gasteiger partial charge in [-0.3, -0.25) is 4.79 Å². The summed E-state index contributed by atoms with van der Waals surface area (Å²) in [6.45, 7) is 2.69. The highest BCUT2D eigenvalue weighted by molar-refractivity contribution is 5.94. The highest BCUT2D eigenvalue weighted by Gasteiger charge is 2.32. The number of amides is 1. The molecular formula is C14H21ClN2O. The Kier molecular flexibility index (Phi) is 5.17. The Morgan fingerprint density at radius 1 is 1.33 bits per heavy atom. The summed E-state index contributed by atoms with van der Waals surface area (Å²) in [4.78, 5) is 11.9. The molecule has 0 heterocycles.